The highest BCUT2D eigenvalue weighted by Gasteiger charge is 2.15. The van der Waals surface area contributed by atoms with E-state index in [1.807, 2.05) is 5.43 Å². The van der Waals surface area contributed by atoms with Crippen LogP contribution in [0.3, 0.4) is 0 Å². The van der Waals surface area contributed by atoms with Crippen LogP contribution in [0.2, 0.25) is 0 Å². The van der Waals surface area contributed by atoms with E-state index in [1.165, 1.54) is 4.68 Å². The Morgan fingerprint density at radius 2 is 1.83 bits per heavy atom. The van der Waals surface area contributed by atoms with Crippen molar-refractivity contribution in [2.75, 3.05) is 0 Å². The fraction of sp³-hybridized carbons (Fsp3) is 0.267. The van der Waals surface area contributed by atoms with Gasteiger partial charge in [0.05, 0.1) is 11.7 Å². The molecule has 0 atom stereocenters. The Balaban J connectivity index is 2.01. The van der Waals surface area contributed by atoms with Crippen molar-refractivity contribution in [3.05, 3.63) is 40.7 Å². The third-order valence-electron chi connectivity index (χ3n) is 3.00. The maximum Gasteiger partial charge on any atom is 0.327 e. The first-order valence-electron chi connectivity index (χ1n) is 7.23. The van der Waals surface area contributed by atoms with Crippen molar-refractivity contribution in [1.82, 2.24) is 25.9 Å². The number of amides is 3. The van der Waals surface area contributed by atoms with Gasteiger partial charge >= 0.3 is 11.8 Å². The van der Waals surface area contributed by atoms with Crippen molar-refractivity contribution in [3.63, 3.8) is 0 Å². The zero-order valence-electron chi connectivity index (χ0n) is 13.2. The number of carbonyl (C=O) groups is 3. The van der Waals surface area contributed by atoms with Crippen LogP contribution in [-0.2, 0) is 20.9 Å². The van der Waals surface area contributed by atoms with Gasteiger partial charge < -0.3 is 5.32 Å². The van der Waals surface area contributed by atoms with Gasteiger partial charge in [0.1, 0.15) is 6.54 Å². The fourth-order valence-corrected chi connectivity index (χ4v) is 1.97. The van der Waals surface area contributed by atoms with Crippen molar-refractivity contribution in [2.24, 2.45) is 0 Å². The van der Waals surface area contributed by atoms with E-state index in [9.17, 15) is 19.2 Å². The fourth-order valence-electron chi connectivity index (χ4n) is 1.97. The molecule has 126 valence electrons. The van der Waals surface area contributed by atoms with Crippen molar-refractivity contribution >= 4 is 28.6 Å². The average molecular weight is 331 g/mol. The molecule has 2 rings (SSSR count). The molecular formula is C15H17N5O4. The SMILES string of the molecule is CC(C)NC(=O)C(=O)NNC(=O)Cn1ncc(=O)c2ccccc21. The number of rotatable bonds is 3. The lowest BCUT2D eigenvalue weighted by Crippen LogP contribution is -2.50. The first kappa shape index (κ1) is 17.1. The summed E-state index contributed by atoms with van der Waals surface area (Å²) in [6, 6.07) is 6.52. The van der Waals surface area contributed by atoms with Gasteiger partial charge in [0.15, 0.2) is 0 Å². The molecule has 1 aromatic carbocycles. The molecule has 0 unspecified atom stereocenters. The van der Waals surface area contributed by atoms with Crippen LogP contribution in [0.15, 0.2) is 35.3 Å². The Bertz CT molecular complexity index is 843. The summed E-state index contributed by atoms with van der Waals surface area (Å²) in [4.78, 5) is 46.5. The van der Waals surface area contributed by atoms with Gasteiger partial charge in [0.2, 0.25) is 5.43 Å². The quantitative estimate of drug-likeness (QED) is 0.495. The summed E-state index contributed by atoms with van der Waals surface area (Å²) in [5.41, 5.74) is 4.38. The largest absolute Gasteiger partial charge is 0.346 e. The second-order valence-electron chi connectivity index (χ2n) is 5.31. The highest BCUT2D eigenvalue weighted by atomic mass is 16.2. The van der Waals surface area contributed by atoms with E-state index in [4.69, 9.17) is 0 Å². The third-order valence-corrected chi connectivity index (χ3v) is 3.00. The predicted molar refractivity (Wildman–Crippen MR) is 85.6 cm³/mol. The molecule has 0 saturated heterocycles. The molecule has 0 aliphatic carbocycles. The van der Waals surface area contributed by atoms with Crippen molar-refractivity contribution in [2.45, 2.75) is 26.4 Å². The molecule has 0 spiro atoms. The first-order valence-corrected chi connectivity index (χ1v) is 7.23. The number of benzene rings is 1. The number of nitrogens with zero attached hydrogens (tertiary/aromatic N) is 2. The van der Waals surface area contributed by atoms with Crippen LogP contribution in [0.4, 0.5) is 0 Å². The number of aromatic nitrogens is 2. The maximum absolute atomic E-state index is 11.9. The Hall–Kier alpha value is -3.23. The van der Waals surface area contributed by atoms with Gasteiger partial charge in [-0.1, -0.05) is 12.1 Å². The van der Waals surface area contributed by atoms with Gasteiger partial charge in [-0.2, -0.15) is 5.10 Å². The number of carbonyl (C=O) groups excluding carboxylic acids is 3. The van der Waals surface area contributed by atoms with E-state index in [0.717, 1.165) is 6.20 Å². The van der Waals surface area contributed by atoms with Crippen molar-refractivity contribution in [3.8, 4) is 0 Å². The third kappa shape index (κ3) is 4.15. The summed E-state index contributed by atoms with van der Waals surface area (Å²) in [6.07, 6.45) is 1.12. The van der Waals surface area contributed by atoms with Crippen LogP contribution in [0.1, 0.15) is 13.8 Å². The molecule has 24 heavy (non-hydrogen) atoms. The maximum atomic E-state index is 11.9. The molecule has 1 heterocycles. The van der Waals surface area contributed by atoms with E-state index in [-0.39, 0.29) is 18.0 Å². The normalized spacial score (nSPS) is 10.5. The van der Waals surface area contributed by atoms with E-state index < -0.39 is 17.7 Å². The molecule has 1 aromatic heterocycles. The Morgan fingerprint density at radius 3 is 2.54 bits per heavy atom. The molecule has 2 aromatic rings. The highest BCUT2D eigenvalue weighted by Crippen LogP contribution is 2.07. The van der Waals surface area contributed by atoms with E-state index in [2.05, 4.69) is 15.8 Å². The smallest absolute Gasteiger partial charge is 0.327 e. The number of nitrogens with one attached hydrogen (secondary N) is 3. The second kappa shape index (κ2) is 7.36. The molecule has 0 aliphatic rings. The Morgan fingerprint density at radius 1 is 1.12 bits per heavy atom. The van der Waals surface area contributed by atoms with Crippen LogP contribution in [-0.4, -0.2) is 33.5 Å². The molecule has 0 radical (unpaired) electrons. The Labute approximate surface area is 137 Å². The molecule has 0 bridgehead atoms. The summed E-state index contributed by atoms with van der Waals surface area (Å²) in [7, 11) is 0. The van der Waals surface area contributed by atoms with Gasteiger partial charge in [-0.15, -0.1) is 0 Å². The lowest BCUT2D eigenvalue weighted by molar-refractivity contribution is -0.141. The molecular weight excluding hydrogens is 314 g/mol. The topological polar surface area (TPSA) is 122 Å². The van der Waals surface area contributed by atoms with Gasteiger partial charge in [-0.25, -0.2) is 0 Å². The number of para-hydroxylation sites is 1. The summed E-state index contributed by atoms with van der Waals surface area (Å²) in [6.45, 7) is 3.18. The molecule has 3 N–H and O–H groups in total. The molecule has 0 fully saturated rings. The minimum absolute atomic E-state index is 0.198. The van der Waals surface area contributed by atoms with Gasteiger partial charge in [-0.3, -0.25) is 34.7 Å². The number of hydrogen-bond acceptors (Lipinski definition) is 5. The van der Waals surface area contributed by atoms with Crippen LogP contribution in [0.5, 0.6) is 0 Å². The van der Waals surface area contributed by atoms with Crippen LogP contribution < -0.4 is 21.6 Å². The standard InChI is InChI=1S/C15H17N5O4/c1-9(2)17-14(23)15(24)19-18-13(22)8-20-11-6-4-3-5-10(11)12(21)7-16-20/h3-7,9H,8H2,1-2H3,(H,17,23)(H,18,22)(H,19,24). The number of hydrazine groups is 1. The summed E-state index contributed by atoms with van der Waals surface area (Å²) < 4.78 is 1.33. The number of hydrogen-bond donors (Lipinski definition) is 3. The molecule has 9 heteroatoms. The molecule has 3 amide bonds. The zero-order valence-corrected chi connectivity index (χ0v) is 13.2. The first-order chi connectivity index (χ1) is 11.4. The zero-order chi connectivity index (χ0) is 17.7. The van der Waals surface area contributed by atoms with Crippen LogP contribution in [0.25, 0.3) is 10.9 Å². The lowest BCUT2D eigenvalue weighted by atomic mass is 10.2. The summed E-state index contributed by atoms with van der Waals surface area (Å²) in [5.74, 6) is -2.42. The minimum Gasteiger partial charge on any atom is -0.346 e. The van der Waals surface area contributed by atoms with E-state index >= 15 is 0 Å². The summed E-state index contributed by atoms with van der Waals surface area (Å²) in [5, 5.41) is 6.72. The van der Waals surface area contributed by atoms with Gasteiger partial charge in [0, 0.05) is 11.4 Å². The highest BCUT2D eigenvalue weighted by molar-refractivity contribution is 6.35. The molecule has 0 saturated carbocycles. The lowest BCUT2D eigenvalue weighted by Gasteiger charge is -2.11. The van der Waals surface area contributed by atoms with E-state index in [0.29, 0.717) is 10.9 Å². The number of fused-ring (bicyclic) bond motifs is 1. The van der Waals surface area contributed by atoms with Gasteiger partial charge in [0.25, 0.3) is 5.91 Å². The van der Waals surface area contributed by atoms with Crippen molar-refractivity contribution in [1.29, 1.82) is 0 Å². The predicted octanol–water partition coefficient (Wildman–Crippen LogP) is -0.931. The monoisotopic (exact) mass is 331 g/mol. The molecule has 0 aliphatic heterocycles. The van der Waals surface area contributed by atoms with E-state index in [1.54, 1.807) is 38.1 Å². The summed E-state index contributed by atoms with van der Waals surface area (Å²) >= 11 is 0. The van der Waals surface area contributed by atoms with Crippen LogP contribution >= 0.6 is 0 Å². The van der Waals surface area contributed by atoms with Gasteiger partial charge in [-0.05, 0) is 26.0 Å². The average Bonchev–Trinajstić information content (AvgIpc) is 2.55. The van der Waals surface area contributed by atoms with Crippen molar-refractivity contribution < 1.29 is 14.4 Å². The van der Waals surface area contributed by atoms with Crippen LogP contribution in [0, 0.1) is 0 Å². The second-order valence-corrected chi connectivity index (χ2v) is 5.31. The minimum atomic E-state index is -0.977. The Kier molecular flexibility index (Phi) is 5.25. The molecule has 9 nitrogen and oxygen atoms in total.